The molecule has 3 rings (SSSR count). The maximum atomic E-state index is 12.9. The van der Waals surface area contributed by atoms with Crippen molar-refractivity contribution in [1.29, 1.82) is 0 Å². The van der Waals surface area contributed by atoms with Gasteiger partial charge in [-0.15, -0.1) is 0 Å². The minimum absolute atomic E-state index is 0.264. The van der Waals surface area contributed by atoms with Crippen molar-refractivity contribution in [3.63, 3.8) is 0 Å². The summed E-state index contributed by atoms with van der Waals surface area (Å²) < 4.78 is 20.7. The van der Waals surface area contributed by atoms with Gasteiger partial charge in [0.2, 0.25) is 0 Å². The Morgan fingerprint density at radius 3 is 2.62 bits per heavy atom. The first-order valence-electron chi connectivity index (χ1n) is 6.83. The molecule has 0 N–H and O–H groups in total. The summed E-state index contributed by atoms with van der Waals surface area (Å²) in [6.45, 7) is 3.40. The molecule has 0 aliphatic carbocycles. The molecule has 4 heteroatoms. The molecule has 0 spiro atoms. The van der Waals surface area contributed by atoms with E-state index in [0.29, 0.717) is 12.4 Å². The number of fused-ring (bicyclic) bond motifs is 1. The van der Waals surface area contributed by atoms with Crippen LogP contribution in [0.15, 0.2) is 48.7 Å². The lowest BCUT2D eigenvalue weighted by Crippen LogP contribution is -1.95. The van der Waals surface area contributed by atoms with E-state index in [1.54, 1.807) is 12.1 Å². The molecule has 0 atom stereocenters. The van der Waals surface area contributed by atoms with E-state index < -0.39 is 0 Å². The van der Waals surface area contributed by atoms with Crippen LogP contribution in [0.4, 0.5) is 4.39 Å². The number of hydrogen-bond acceptors (Lipinski definition) is 1. The number of aromatic nitrogens is 1. The first-order chi connectivity index (χ1) is 10.2. The predicted molar refractivity (Wildman–Crippen MR) is 83.4 cm³/mol. The second kappa shape index (κ2) is 5.78. The summed E-state index contributed by atoms with van der Waals surface area (Å²) in [7, 11) is 0. The molecule has 1 aromatic heterocycles. The molecule has 108 valence electrons. The van der Waals surface area contributed by atoms with Crippen molar-refractivity contribution >= 4 is 22.5 Å². The molecule has 2 nitrogen and oxygen atoms in total. The minimum atomic E-state index is -0.264. The van der Waals surface area contributed by atoms with Crippen LogP contribution in [-0.2, 0) is 13.2 Å². The smallest absolute Gasteiger partial charge is 0.123 e. The molecule has 0 radical (unpaired) electrons. The fourth-order valence-electron chi connectivity index (χ4n) is 2.41. The van der Waals surface area contributed by atoms with Crippen molar-refractivity contribution in [2.24, 2.45) is 0 Å². The van der Waals surface area contributed by atoms with Crippen LogP contribution in [0.2, 0.25) is 5.02 Å². The molecule has 21 heavy (non-hydrogen) atoms. The number of ether oxygens (including phenoxy) is 1. The monoisotopic (exact) mass is 303 g/mol. The number of nitrogens with zero attached hydrogens (tertiary/aromatic N) is 1. The zero-order valence-corrected chi connectivity index (χ0v) is 12.4. The van der Waals surface area contributed by atoms with Crippen LogP contribution >= 0.6 is 11.6 Å². The van der Waals surface area contributed by atoms with Gasteiger partial charge in [0.05, 0.1) is 0 Å². The van der Waals surface area contributed by atoms with Crippen LogP contribution in [0.5, 0.6) is 5.75 Å². The summed E-state index contributed by atoms with van der Waals surface area (Å²) in [5.74, 6) is 0.391. The highest BCUT2D eigenvalue weighted by Crippen LogP contribution is 2.26. The molecule has 0 aliphatic rings. The lowest BCUT2D eigenvalue weighted by molar-refractivity contribution is 0.307. The van der Waals surface area contributed by atoms with Crippen LogP contribution in [0.1, 0.15) is 12.5 Å². The topological polar surface area (TPSA) is 14.2 Å². The fourth-order valence-corrected chi connectivity index (χ4v) is 2.58. The Balaban J connectivity index is 1.88. The van der Waals surface area contributed by atoms with Crippen molar-refractivity contribution in [1.82, 2.24) is 4.57 Å². The average molecular weight is 304 g/mol. The van der Waals surface area contributed by atoms with Gasteiger partial charge in [-0.2, -0.15) is 0 Å². The highest BCUT2D eigenvalue weighted by molar-refractivity contribution is 6.31. The zero-order chi connectivity index (χ0) is 14.8. The van der Waals surface area contributed by atoms with Gasteiger partial charge >= 0.3 is 0 Å². The van der Waals surface area contributed by atoms with E-state index in [0.717, 1.165) is 28.0 Å². The first kappa shape index (κ1) is 14.0. The van der Waals surface area contributed by atoms with Crippen molar-refractivity contribution in [3.05, 3.63) is 65.1 Å². The van der Waals surface area contributed by atoms with Crippen LogP contribution in [-0.4, -0.2) is 4.57 Å². The van der Waals surface area contributed by atoms with Crippen molar-refractivity contribution in [2.75, 3.05) is 0 Å². The third kappa shape index (κ3) is 2.88. The second-order valence-corrected chi connectivity index (χ2v) is 5.28. The summed E-state index contributed by atoms with van der Waals surface area (Å²) in [5.41, 5.74) is 2.19. The summed E-state index contributed by atoms with van der Waals surface area (Å²) >= 11 is 6.06. The van der Waals surface area contributed by atoms with E-state index >= 15 is 0 Å². The van der Waals surface area contributed by atoms with Crippen molar-refractivity contribution < 1.29 is 9.13 Å². The van der Waals surface area contributed by atoms with E-state index in [2.05, 4.69) is 17.7 Å². The standard InChI is InChI=1S/C17H15ClFNO/c1-2-20-10-12(16-8-3-13(18)9-17(16)20)11-21-15-6-4-14(19)5-7-15/h3-10H,2,11H2,1H3. The number of aryl methyl sites for hydroxylation is 1. The average Bonchev–Trinajstić information content (AvgIpc) is 2.84. The van der Waals surface area contributed by atoms with E-state index in [9.17, 15) is 4.39 Å². The van der Waals surface area contributed by atoms with Gasteiger partial charge in [0, 0.05) is 34.2 Å². The molecular weight excluding hydrogens is 289 g/mol. The molecular formula is C17H15ClFNO. The zero-order valence-electron chi connectivity index (χ0n) is 11.6. The van der Waals surface area contributed by atoms with Crippen LogP contribution in [0.3, 0.4) is 0 Å². The second-order valence-electron chi connectivity index (χ2n) is 4.84. The van der Waals surface area contributed by atoms with Crippen molar-refractivity contribution in [2.45, 2.75) is 20.1 Å². The first-order valence-corrected chi connectivity index (χ1v) is 7.21. The Morgan fingerprint density at radius 1 is 1.14 bits per heavy atom. The van der Waals surface area contributed by atoms with Crippen LogP contribution < -0.4 is 4.74 Å². The highest BCUT2D eigenvalue weighted by atomic mass is 35.5. The number of rotatable bonds is 4. The van der Waals surface area contributed by atoms with Crippen LogP contribution in [0, 0.1) is 5.82 Å². The Hall–Kier alpha value is -2.00. The quantitative estimate of drug-likeness (QED) is 0.659. The van der Waals surface area contributed by atoms with Gasteiger partial charge in [-0.25, -0.2) is 4.39 Å². The molecule has 0 amide bonds. The van der Waals surface area contributed by atoms with Gasteiger partial charge in [0.25, 0.3) is 0 Å². The third-order valence-corrected chi connectivity index (χ3v) is 3.71. The summed E-state index contributed by atoms with van der Waals surface area (Å²) in [4.78, 5) is 0. The minimum Gasteiger partial charge on any atom is -0.489 e. The maximum Gasteiger partial charge on any atom is 0.123 e. The third-order valence-electron chi connectivity index (χ3n) is 3.48. The van der Waals surface area contributed by atoms with Gasteiger partial charge < -0.3 is 9.30 Å². The summed E-state index contributed by atoms with van der Waals surface area (Å²) in [6, 6.07) is 11.9. The lowest BCUT2D eigenvalue weighted by Gasteiger charge is -2.05. The predicted octanol–water partition coefficient (Wildman–Crippen LogP) is 5.03. The Labute approximate surface area is 127 Å². The van der Waals surface area contributed by atoms with Crippen molar-refractivity contribution in [3.8, 4) is 5.75 Å². The molecule has 0 bridgehead atoms. The molecule has 0 aliphatic heterocycles. The number of halogens is 2. The molecule has 1 heterocycles. The number of hydrogen-bond donors (Lipinski definition) is 0. The highest BCUT2D eigenvalue weighted by Gasteiger charge is 2.09. The van der Waals surface area contributed by atoms with Gasteiger partial charge in [-0.3, -0.25) is 0 Å². The van der Waals surface area contributed by atoms with E-state index in [-0.39, 0.29) is 5.82 Å². The molecule has 2 aromatic carbocycles. The fraction of sp³-hybridized carbons (Fsp3) is 0.176. The van der Waals surface area contributed by atoms with E-state index in [1.165, 1.54) is 12.1 Å². The lowest BCUT2D eigenvalue weighted by atomic mass is 10.2. The van der Waals surface area contributed by atoms with Gasteiger partial charge in [0.1, 0.15) is 18.2 Å². The Morgan fingerprint density at radius 2 is 1.90 bits per heavy atom. The normalized spacial score (nSPS) is 11.0. The van der Waals surface area contributed by atoms with Gasteiger partial charge in [-0.1, -0.05) is 17.7 Å². The Bertz CT molecular complexity index is 764. The molecule has 0 unspecified atom stereocenters. The molecule has 0 saturated heterocycles. The van der Waals surface area contributed by atoms with Gasteiger partial charge in [0.15, 0.2) is 0 Å². The van der Waals surface area contributed by atoms with Crippen LogP contribution in [0.25, 0.3) is 10.9 Å². The summed E-state index contributed by atoms with van der Waals surface area (Å²) in [5, 5.41) is 1.85. The molecule has 0 fully saturated rings. The summed E-state index contributed by atoms with van der Waals surface area (Å²) in [6.07, 6.45) is 2.07. The maximum absolute atomic E-state index is 12.9. The SMILES string of the molecule is CCn1cc(COc2ccc(F)cc2)c2ccc(Cl)cc21. The Kier molecular flexibility index (Phi) is 3.84. The molecule has 0 saturated carbocycles. The van der Waals surface area contributed by atoms with E-state index in [4.69, 9.17) is 16.3 Å². The largest absolute Gasteiger partial charge is 0.489 e. The van der Waals surface area contributed by atoms with Gasteiger partial charge in [-0.05, 0) is 43.3 Å². The molecule has 3 aromatic rings. The number of benzene rings is 2. The van der Waals surface area contributed by atoms with E-state index in [1.807, 2.05) is 18.2 Å².